The van der Waals surface area contributed by atoms with E-state index < -0.39 is 6.10 Å². The average Bonchev–Trinajstić information content (AvgIpc) is 1.98. The molecule has 1 atom stereocenters. The highest BCUT2D eigenvalue weighted by Gasteiger charge is 2.15. The van der Waals surface area contributed by atoms with Gasteiger partial charge in [0.15, 0.2) is 0 Å². The molecule has 1 aliphatic carbocycles. The van der Waals surface area contributed by atoms with Crippen LogP contribution in [0.25, 0.3) is 0 Å². The Kier molecular flexibility index (Phi) is 2.54. The van der Waals surface area contributed by atoms with E-state index in [2.05, 4.69) is 0 Å². The number of allylic oxidation sites excluding steroid dienone is 1. The van der Waals surface area contributed by atoms with Crippen molar-refractivity contribution in [3.8, 4) is 0 Å². The molecule has 3 heteroatoms. The van der Waals surface area contributed by atoms with Gasteiger partial charge in [-0.3, -0.25) is 0 Å². The van der Waals surface area contributed by atoms with Gasteiger partial charge in [-0.25, -0.2) is 0 Å². The summed E-state index contributed by atoms with van der Waals surface area (Å²) in [5.74, 6) is 0.617. The molecule has 3 nitrogen and oxygen atoms in total. The van der Waals surface area contributed by atoms with Gasteiger partial charge in [-0.05, 0) is 13.0 Å². The first-order valence-corrected chi connectivity index (χ1v) is 3.65. The number of hydrogen-bond acceptors (Lipinski definition) is 3. The Balaban J connectivity index is 2.64. The van der Waals surface area contributed by atoms with Crippen LogP contribution in [0.2, 0.25) is 0 Å². The Morgan fingerprint density at radius 2 is 2.45 bits per heavy atom. The van der Waals surface area contributed by atoms with Gasteiger partial charge in [0, 0.05) is 12.5 Å². The van der Waals surface area contributed by atoms with Crippen molar-refractivity contribution in [2.45, 2.75) is 19.4 Å². The number of rotatable bonds is 2. The van der Waals surface area contributed by atoms with Crippen LogP contribution in [-0.4, -0.2) is 22.9 Å². The Bertz CT molecular complexity index is 194. The maximum absolute atomic E-state index is 9.27. The predicted octanol–water partition coefficient (Wildman–Crippen LogP) is 1.11. The van der Waals surface area contributed by atoms with Crippen LogP contribution >= 0.6 is 0 Å². The van der Waals surface area contributed by atoms with E-state index in [0.717, 1.165) is 0 Å². The normalized spacial score (nSPS) is 24.0. The largest absolute Gasteiger partial charge is 0.508 e. The Morgan fingerprint density at radius 1 is 1.73 bits per heavy atom. The summed E-state index contributed by atoms with van der Waals surface area (Å²) in [5.41, 5.74) is 0. The minimum atomic E-state index is -0.592. The molecule has 0 saturated carbocycles. The molecule has 1 aliphatic rings. The zero-order valence-corrected chi connectivity index (χ0v) is 6.45. The zero-order chi connectivity index (χ0) is 8.27. The predicted molar refractivity (Wildman–Crippen MR) is 41.0 cm³/mol. The van der Waals surface area contributed by atoms with Crippen molar-refractivity contribution < 1.29 is 14.9 Å². The molecule has 0 aromatic rings. The standard InChI is InChI=1S/C8H12O3/c1-2-11-8-5-6(9)3-4-7(8)10/h3,5,7,9-10H,2,4H2,1H3. The number of ether oxygens (including phenoxy) is 1. The maximum atomic E-state index is 9.27. The zero-order valence-electron chi connectivity index (χ0n) is 6.45. The Morgan fingerprint density at radius 3 is 3.09 bits per heavy atom. The molecular weight excluding hydrogens is 144 g/mol. The fourth-order valence-electron chi connectivity index (χ4n) is 0.954. The highest BCUT2D eigenvalue weighted by atomic mass is 16.5. The van der Waals surface area contributed by atoms with E-state index in [-0.39, 0.29) is 5.76 Å². The first kappa shape index (κ1) is 8.14. The summed E-state index contributed by atoms with van der Waals surface area (Å²) in [6.45, 7) is 2.35. The minimum absolute atomic E-state index is 0.166. The highest BCUT2D eigenvalue weighted by Crippen LogP contribution is 2.17. The van der Waals surface area contributed by atoms with Crippen molar-refractivity contribution in [3.63, 3.8) is 0 Å². The van der Waals surface area contributed by atoms with E-state index in [9.17, 15) is 5.11 Å². The summed E-state index contributed by atoms with van der Waals surface area (Å²) in [5, 5.41) is 18.3. The van der Waals surface area contributed by atoms with Gasteiger partial charge in [-0.2, -0.15) is 0 Å². The van der Waals surface area contributed by atoms with E-state index in [1.54, 1.807) is 6.08 Å². The summed E-state index contributed by atoms with van der Waals surface area (Å²) in [6.07, 6.45) is 2.84. The number of hydrogen-bond donors (Lipinski definition) is 2. The second kappa shape index (κ2) is 3.44. The summed E-state index contributed by atoms with van der Waals surface area (Å²) >= 11 is 0. The quantitative estimate of drug-likeness (QED) is 0.629. The van der Waals surface area contributed by atoms with Crippen molar-refractivity contribution in [3.05, 3.63) is 23.7 Å². The van der Waals surface area contributed by atoms with Crippen LogP contribution in [0.4, 0.5) is 0 Å². The second-order valence-corrected chi connectivity index (χ2v) is 2.36. The van der Waals surface area contributed by atoms with E-state index in [1.807, 2.05) is 6.92 Å². The van der Waals surface area contributed by atoms with E-state index in [0.29, 0.717) is 18.8 Å². The fourth-order valence-corrected chi connectivity index (χ4v) is 0.954. The van der Waals surface area contributed by atoms with Crippen molar-refractivity contribution >= 4 is 0 Å². The van der Waals surface area contributed by atoms with Gasteiger partial charge in [0.2, 0.25) is 0 Å². The van der Waals surface area contributed by atoms with Gasteiger partial charge in [0.05, 0.1) is 6.61 Å². The molecule has 1 unspecified atom stereocenters. The molecule has 0 spiro atoms. The second-order valence-electron chi connectivity index (χ2n) is 2.36. The smallest absolute Gasteiger partial charge is 0.128 e. The Hall–Kier alpha value is -0.960. The third kappa shape index (κ3) is 1.98. The SMILES string of the molecule is CCOC1=CC(O)=CCC1O. The maximum Gasteiger partial charge on any atom is 0.128 e. The van der Waals surface area contributed by atoms with Gasteiger partial charge in [0.1, 0.15) is 17.6 Å². The number of aliphatic hydroxyl groups is 2. The van der Waals surface area contributed by atoms with Crippen molar-refractivity contribution in [1.82, 2.24) is 0 Å². The van der Waals surface area contributed by atoms with E-state index in [1.165, 1.54) is 6.08 Å². The molecule has 0 aromatic carbocycles. The number of aliphatic hydroxyl groups excluding tert-OH is 2. The first-order valence-electron chi connectivity index (χ1n) is 3.65. The Labute approximate surface area is 65.6 Å². The summed E-state index contributed by atoms with van der Waals surface area (Å²) in [7, 11) is 0. The summed E-state index contributed by atoms with van der Waals surface area (Å²) < 4.78 is 5.08. The van der Waals surface area contributed by atoms with Gasteiger partial charge in [-0.1, -0.05) is 0 Å². The summed E-state index contributed by atoms with van der Waals surface area (Å²) in [6, 6.07) is 0. The highest BCUT2D eigenvalue weighted by molar-refractivity contribution is 5.22. The molecule has 0 fully saturated rings. The molecule has 2 N–H and O–H groups in total. The van der Waals surface area contributed by atoms with Gasteiger partial charge in [-0.15, -0.1) is 0 Å². The lowest BCUT2D eigenvalue weighted by Crippen LogP contribution is -2.15. The van der Waals surface area contributed by atoms with Gasteiger partial charge < -0.3 is 14.9 Å². The van der Waals surface area contributed by atoms with Crippen molar-refractivity contribution in [2.24, 2.45) is 0 Å². The lowest BCUT2D eigenvalue weighted by molar-refractivity contribution is 0.105. The third-order valence-electron chi connectivity index (χ3n) is 1.48. The van der Waals surface area contributed by atoms with Crippen LogP contribution in [0.3, 0.4) is 0 Å². The minimum Gasteiger partial charge on any atom is -0.508 e. The monoisotopic (exact) mass is 156 g/mol. The molecule has 0 aliphatic heterocycles. The van der Waals surface area contributed by atoms with Crippen LogP contribution in [0, 0.1) is 0 Å². The molecular formula is C8H12O3. The summed E-state index contributed by atoms with van der Waals surface area (Å²) in [4.78, 5) is 0. The van der Waals surface area contributed by atoms with Crippen molar-refractivity contribution in [2.75, 3.05) is 6.61 Å². The lowest BCUT2D eigenvalue weighted by atomic mass is 10.1. The average molecular weight is 156 g/mol. The van der Waals surface area contributed by atoms with Crippen LogP contribution in [-0.2, 0) is 4.74 Å². The van der Waals surface area contributed by atoms with E-state index >= 15 is 0 Å². The van der Waals surface area contributed by atoms with Crippen LogP contribution in [0.1, 0.15) is 13.3 Å². The van der Waals surface area contributed by atoms with Crippen LogP contribution < -0.4 is 0 Å². The molecule has 1 rings (SSSR count). The molecule has 0 radical (unpaired) electrons. The van der Waals surface area contributed by atoms with Gasteiger partial charge >= 0.3 is 0 Å². The molecule has 0 amide bonds. The fraction of sp³-hybridized carbons (Fsp3) is 0.500. The first-order chi connectivity index (χ1) is 5.24. The molecule has 11 heavy (non-hydrogen) atoms. The topological polar surface area (TPSA) is 49.7 Å². The van der Waals surface area contributed by atoms with Gasteiger partial charge in [0.25, 0.3) is 0 Å². The van der Waals surface area contributed by atoms with E-state index in [4.69, 9.17) is 9.84 Å². The molecule has 0 heterocycles. The molecule has 0 saturated heterocycles. The molecule has 62 valence electrons. The lowest BCUT2D eigenvalue weighted by Gasteiger charge is -2.16. The van der Waals surface area contributed by atoms with Crippen LogP contribution in [0.15, 0.2) is 23.7 Å². The third-order valence-corrected chi connectivity index (χ3v) is 1.48. The van der Waals surface area contributed by atoms with Crippen LogP contribution in [0.5, 0.6) is 0 Å². The molecule has 0 aromatic heterocycles. The molecule has 0 bridgehead atoms. The van der Waals surface area contributed by atoms with Crippen molar-refractivity contribution in [1.29, 1.82) is 0 Å².